The highest BCUT2D eigenvalue weighted by Gasteiger charge is 2.33. The third-order valence-electron chi connectivity index (χ3n) is 5.12. The van der Waals surface area contributed by atoms with Gasteiger partial charge >= 0.3 is 5.97 Å². The Morgan fingerprint density at radius 1 is 1.29 bits per heavy atom. The second kappa shape index (κ2) is 5.92. The quantitative estimate of drug-likeness (QED) is 0.842. The van der Waals surface area contributed by atoms with Gasteiger partial charge < -0.3 is 15.0 Å². The molecule has 5 nitrogen and oxygen atoms in total. The third kappa shape index (κ3) is 3.07. The first-order valence-corrected chi connectivity index (χ1v) is 9.43. The molecule has 2 fully saturated rings. The van der Waals surface area contributed by atoms with Gasteiger partial charge in [-0.05, 0) is 56.6 Å². The molecule has 0 bridgehead atoms. The molecular weight excluding hydrogens is 324 g/mol. The Labute approximate surface area is 144 Å². The van der Waals surface area contributed by atoms with E-state index in [1.807, 2.05) is 6.07 Å². The normalized spacial score (nSPS) is 23.2. The molecule has 4 rings (SSSR count). The second-order valence-corrected chi connectivity index (χ2v) is 8.58. The number of amides is 1. The first-order chi connectivity index (χ1) is 11.5. The van der Waals surface area contributed by atoms with Gasteiger partial charge in [-0.2, -0.15) is 0 Å². The molecule has 2 N–H and O–H groups in total. The minimum Gasteiger partial charge on any atom is -0.481 e. The number of nitrogens with one attached hydrogen (secondary N) is 1. The van der Waals surface area contributed by atoms with Crippen molar-refractivity contribution in [3.63, 3.8) is 0 Å². The van der Waals surface area contributed by atoms with E-state index in [1.165, 1.54) is 27.9 Å². The van der Waals surface area contributed by atoms with Crippen molar-refractivity contribution in [2.75, 3.05) is 0 Å². The lowest BCUT2D eigenvalue weighted by Crippen LogP contribution is -2.45. The largest absolute Gasteiger partial charge is 0.481 e. The zero-order chi connectivity index (χ0) is 16.8. The summed E-state index contributed by atoms with van der Waals surface area (Å²) in [6, 6.07) is 4.30. The first kappa shape index (κ1) is 15.7. The van der Waals surface area contributed by atoms with Gasteiger partial charge in [0, 0.05) is 23.9 Å². The Kier molecular flexibility index (Phi) is 3.87. The van der Waals surface area contributed by atoms with E-state index >= 15 is 0 Å². The van der Waals surface area contributed by atoms with Crippen LogP contribution >= 0.6 is 11.3 Å². The van der Waals surface area contributed by atoms with Gasteiger partial charge in [-0.1, -0.05) is 0 Å². The monoisotopic (exact) mass is 346 g/mol. The maximum absolute atomic E-state index is 12.7. The molecule has 2 aromatic rings. The molecule has 0 aliphatic heterocycles. The number of thiophene rings is 1. The summed E-state index contributed by atoms with van der Waals surface area (Å²) in [6.45, 7) is 3.03. The van der Waals surface area contributed by atoms with Crippen LogP contribution in [-0.2, 0) is 11.3 Å². The number of nitrogens with zero attached hydrogens (tertiary/aromatic N) is 1. The van der Waals surface area contributed by atoms with Crippen LogP contribution in [0.25, 0.3) is 10.2 Å². The smallest absolute Gasteiger partial charge is 0.303 e. The van der Waals surface area contributed by atoms with Gasteiger partial charge in [0.1, 0.15) is 5.69 Å². The highest BCUT2D eigenvalue weighted by atomic mass is 32.1. The van der Waals surface area contributed by atoms with E-state index < -0.39 is 5.97 Å². The average molecular weight is 346 g/mol. The summed E-state index contributed by atoms with van der Waals surface area (Å²) in [5.74, 6) is 0.141. The van der Waals surface area contributed by atoms with Gasteiger partial charge in [0.15, 0.2) is 0 Å². The second-order valence-electron chi connectivity index (χ2n) is 7.30. The standard InChI is InChI=1S/C18H22N2O3S/c1-10-4-14-16(24-10)8-15(20(14)9-11-2-3-11)18(23)19-13-5-12(6-13)7-17(21)22/h4,8,11-13H,2-3,5-7,9H2,1H3,(H,19,23)(H,21,22). The zero-order valence-corrected chi connectivity index (χ0v) is 14.6. The van der Waals surface area contributed by atoms with E-state index in [2.05, 4.69) is 22.9 Å². The number of hydrogen-bond donors (Lipinski definition) is 2. The lowest BCUT2D eigenvalue weighted by atomic mass is 9.78. The van der Waals surface area contributed by atoms with Crippen LogP contribution < -0.4 is 5.32 Å². The summed E-state index contributed by atoms with van der Waals surface area (Å²) in [5.41, 5.74) is 1.93. The van der Waals surface area contributed by atoms with E-state index in [0.29, 0.717) is 5.92 Å². The molecule has 2 aliphatic rings. The van der Waals surface area contributed by atoms with Crippen LogP contribution in [-0.4, -0.2) is 27.6 Å². The Bertz CT molecular complexity index is 797. The van der Waals surface area contributed by atoms with Gasteiger partial charge in [0.2, 0.25) is 0 Å². The van der Waals surface area contributed by atoms with Gasteiger partial charge in [0.25, 0.3) is 5.91 Å². The fraction of sp³-hybridized carbons (Fsp3) is 0.556. The number of carboxylic acid groups (broad SMARTS) is 1. The zero-order valence-electron chi connectivity index (χ0n) is 13.7. The number of aliphatic carboxylic acids is 1. The predicted octanol–water partition coefficient (Wildman–Crippen LogP) is 3.40. The van der Waals surface area contributed by atoms with Crippen molar-refractivity contribution < 1.29 is 14.7 Å². The maximum Gasteiger partial charge on any atom is 0.303 e. The summed E-state index contributed by atoms with van der Waals surface area (Å²) in [6.07, 6.45) is 4.26. The molecule has 6 heteroatoms. The summed E-state index contributed by atoms with van der Waals surface area (Å²) in [5, 5.41) is 11.9. The fourth-order valence-electron chi connectivity index (χ4n) is 3.64. The van der Waals surface area contributed by atoms with Crippen LogP contribution in [0.5, 0.6) is 0 Å². The lowest BCUT2D eigenvalue weighted by molar-refractivity contribution is -0.138. The van der Waals surface area contributed by atoms with Crippen LogP contribution in [0.3, 0.4) is 0 Å². The highest BCUT2D eigenvalue weighted by molar-refractivity contribution is 7.19. The lowest BCUT2D eigenvalue weighted by Gasteiger charge is -2.35. The molecule has 0 spiro atoms. The number of hydrogen-bond acceptors (Lipinski definition) is 3. The fourth-order valence-corrected chi connectivity index (χ4v) is 4.60. The average Bonchev–Trinajstić information content (AvgIpc) is 3.13. The molecule has 2 aliphatic carbocycles. The summed E-state index contributed by atoms with van der Waals surface area (Å²) in [7, 11) is 0. The molecule has 2 saturated carbocycles. The van der Waals surface area contributed by atoms with Crippen molar-refractivity contribution >= 4 is 33.4 Å². The molecule has 0 radical (unpaired) electrons. The van der Waals surface area contributed by atoms with Crippen LogP contribution in [0, 0.1) is 18.8 Å². The number of carbonyl (C=O) groups excluding carboxylic acids is 1. The van der Waals surface area contributed by atoms with Crippen LogP contribution in [0.2, 0.25) is 0 Å². The number of carbonyl (C=O) groups is 2. The molecule has 1 amide bonds. The van der Waals surface area contributed by atoms with Crippen LogP contribution in [0.1, 0.15) is 47.5 Å². The number of fused-ring (bicyclic) bond motifs is 1. The Hall–Kier alpha value is -1.82. The molecule has 128 valence electrons. The molecular formula is C18H22N2O3S. The summed E-state index contributed by atoms with van der Waals surface area (Å²) < 4.78 is 3.36. The van der Waals surface area contributed by atoms with E-state index in [0.717, 1.165) is 25.1 Å². The van der Waals surface area contributed by atoms with Crippen molar-refractivity contribution in [3.8, 4) is 0 Å². The van der Waals surface area contributed by atoms with Crippen molar-refractivity contribution in [3.05, 3.63) is 22.7 Å². The van der Waals surface area contributed by atoms with Crippen LogP contribution in [0.15, 0.2) is 12.1 Å². The molecule has 2 aromatic heterocycles. The Morgan fingerprint density at radius 3 is 2.71 bits per heavy atom. The van der Waals surface area contributed by atoms with Crippen molar-refractivity contribution in [1.29, 1.82) is 0 Å². The van der Waals surface area contributed by atoms with Gasteiger partial charge in [-0.3, -0.25) is 9.59 Å². The SMILES string of the molecule is Cc1cc2c(cc(C(=O)NC3CC(CC(=O)O)C3)n2CC2CC2)s1. The van der Waals surface area contributed by atoms with Crippen molar-refractivity contribution in [2.24, 2.45) is 11.8 Å². The molecule has 0 aromatic carbocycles. The maximum atomic E-state index is 12.7. The molecule has 24 heavy (non-hydrogen) atoms. The minimum absolute atomic E-state index is 0.0181. The van der Waals surface area contributed by atoms with Crippen LogP contribution in [0.4, 0.5) is 0 Å². The number of aryl methyl sites for hydroxylation is 1. The summed E-state index contributed by atoms with van der Waals surface area (Å²) >= 11 is 1.73. The first-order valence-electron chi connectivity index (χ1n) is 8.62. The molecule has 0 unspecified atom stereocenters. The molecule has 2 heterocycles. The highest BCUT2D eigenvalue weighted by Crippen LogP contribution is 2.36. The van der Waals surface area contributed by atoms with Crippen molar-refractivity contribution in [2.45, 2.75) is 51.6 Å². The van der Waals surface area contributed by atoms with E-state index in [-0.39, 0.29) is 24.3 Å². The predicted molar refractivity (Wildman–Crippen MR) is 93.5 cm³/mol. The van der Waals surface area contributed by atoms with E-state index in [1.54, 1.807) is 11.3 Å². The Balaban J connectivity index is 1.47. The molecule has 0 atom stereocenters. The number of rotatable bonds is 6. The number of carboxylic acids is 1. The van der Waals surface area contributed by atoms with Gasteiger partial charge in [-0.25, -0.2) is 0 Å². The molecule has 0 saturated heterocycles. The van der Waals surface area contributed by atoms with Crippen molar-refractivity contribution in [1.82, 2.24) is 9.88 Å². The van der Waals surface area contributed by atoms with E-state index in [9.17, 15) is 9.59 Å². The summed E-state index contributed by atoms with van der Waals surface area (Å²) in [4.78, 5) is 24.7. The van der Waals surface area contributed by atoms with Gasteiger partial charge in [0.05, 0.1) is 10.2 Å². The third-order valence-corrected chi connectivity index (χ3v) is 6.10. The van der Waals surface area contributed by atoms with Gasteiger partial charge in [-0.15, -0.1) is 11.3 Å². The minimum atomic E-state index is -0.751. The number of aromatic nitrogens is 1. The Morgan fingerprint density at radius 2 is 2.04 bits per heavy atom. The van der Waals surface area contributed by atoms with E-state index in [4.69, 9.17) is 5.11 Å². The topological polar surface area (TPSA) is 71.3 Å².